The Morgan fingerprint density at radius 3 is 2.52 bits per heavy atom. The molecule has 0 spiro atoms. The molecule has 1 N–H and O–H groups in total. The Balaban J connectivity index is 1.82. The predicted octanol–water partition coefficient (Wildman–Crippen LogP) is 3.02. The van der Waals surface area contributed by atoms with Crippen LogP contribution in [0.2, 0.25) is 0 Å². The molecule has 0 aliphatic rings. The minimum atomic E-state index is -0.535. The van der Waals surface area contributed by atoms with Crippen LogP contribution in [-0.4, -0.2) is 24.7 Å². The molecule has 0 radical (unpaired) electrons. The topological polar surface area (TPSA) is 55.4 Å². The first-order chi connectivity index (χ1) is 11.1. The molecule has 0 unspecified atom stereocenters. The van der Waals surface area contributed by atoms with Crippen molar-refractivity contribution in [3.05, 3.63) is 65.5 Å². The number of esters is 1. The van der Waals surface area contributed by atoms with Crippen molar-refractivity contribution in [1.82, 2.24) is 5.32 Å². The number of ether oxygens (including phenoxy) is 1. The number of halogens is 1. The highest BCUT2D eigenvalue weighted by atomic mass is 32.2. The second-order valence-corrected chi connectivity index (χ2v) is 5.53. The zero-order chi connectivity index (χ0) is 16.7. The van der Waals surface area contributed by atoms with E-state index in [4.69, 9.17) is 4.74 Å². The van der Waals surface area contributed by atoms with Crippen molar-refractivity contribution in [3.8, 4) is 0 Å². The molecule has 2 rings (SSSR count). The highest BCUT2D eigenvalue weighted by molar-refractivity contribution is 7.98. The quantitative estimate of drug-likeness (QED) is 0.652. The monoisotopic (exact) mass is 333 g/mol. The van der Waals surface area contributed by atoms with Crippen molar-refractivity contribution < 1.29 is 18.7 Å². The average molecular weight is 333 g/mol. The maximum atomic E-state index is 12.8. The second kappa shape index (κ2) is 8.33. The van der Waals surface area contributed by atoms with E-state index in [-0.39, 0.29) is 19.0 Å². The van der Waals surface area contributed by atoms with E-state index < -0.39 is 11.9 Å². The lowest BCUT2D eigenvalue weighted by Gasteiger charge is -2.08. The van der Waals surface area contributed by atoms with Crippen LogP contribution in [0.4, 0.5) is 4.39 Å². The Morgan fingerprint density at radius 2 is 1.83 bits per heavy atom. The van der Waals surface area contributed by atoms with Crippen LogP contribution in [0.25, 0.3) is 0 Å². The van der Waals surface area contributed by atoms with Gasteiger partial charge in [-0.1, -0.05) is 24.3 Å². The van der Waals surface area contributed by atoms with Gasteiger partial charge in [0.15, 0.2) is 6.61 Å². The van der Waals surface area contributed by atoms with Gasteiger partial charge in [0.25, 0.3) is 5.91 Å². The van der Waals surface area contributed by atoms with Crippen molar-refractivity contribution >= 4 is 23.6 Å². The summed E-state index contributed by atoms with van der Waals surface area (Å²) in [6.45, 7) is -0.110. The van der Waals surface area contributed by atoms with E-state index in [0.717, 1.165) is 10.5 Å². The second-order valence-electron chi connectivity index (χ2n) is 4.68. The van der Waals surface area contributed by atoms with Crippen molar-refractivity contribution in [2.24, 2.45) is 0 Å². The van der Waals surface area contributed by atoms with E-state index in [0.29, 0.717) is 5.56 Å². The SMILES string of the molecule is CSc1ccccc1C(=O)OCC(=O)NCc1ccc(F)cc1. The molecule has 2 aromatic carbocycles. The number of hydrogen-bond donors (Lipinski definition) is 1. The van der Waals surface area contributed by atoms with Crippen molar-refractivity contribution in [2.45, 2.75) is 11.4 Å². The Labute approximate surface area is 138 Å². The van der Waals surface area contributed by atoms with Gasteiger partial charge >= 0.3 is 5.97 Å². The number of amides is 1. The Morgan fingerprint density at radius 1 is 1.13 bits per heavy atom. The molecule has 23 heavy (non-hydrogen) atoms. The highest BCUT2D eigenvalue weighted by Crippen LogP contribution is 2.20. The standard InChI is InChI=1S/C17H16FNO3S/c1-23-15-5-3-2-4-14(15)17(21)22-11-16(20)19-10-12-6-8-13(18)9-7-12/h2-9H,10-11H2,1H3,(H,19,20). The van der Waals surface area contributed by atoms with Gasteiger partial charge in [-0.2, -0.15) is 0 Å². The lowest BCUT2D eigenvalue weighted by atomic mass is 10.2. The normalized spacial score (nSPS) is 10.2. The molecule has 120 valence electrons. The maximum Gasteiger partial charge on any atom is 0.339 e. The molecule has 0 aromatic heterocycles. The summed E-state index contributed by atoms with van der Waals surface area (Å²) in [5.41, 5.74) is 1.20. The van der Waals surface area contributed by atoms with Crippen molar-refractivity contribution in [3.63, 3.8) is 0 Å². The van der Waals surface area contributed by atoms with Gasteiger partial charge in [-0.25, -0.2) is 9.18 Å². The summed E-state index contributed by atoms with van der Waals surface area (Å²) in [6.07, 6.45) is 1.86. The van der Waals surface area contributed by atoms with Crippen LogP contribution < -0.4 is 5.32 Å². The van der Waals surface area contributed by atoms with Crippen LogP contribution >= 0.6 is 11.8 Å². The zero-order valence-corrected chi connectivity index (χ0v) is 13.4. The number of nitrogens with one attached hydrogen (secondary N) is 1. The average Bonchev–Trinajstić information content (AvgIpc) is 2.59. The smallest absolute Gasteiger partial charge is 0.339 e. The number of benzene rings is 2. The van der Waals surface area contributed by atoms with E-state index in [1.54, 1.807) is 24.3 Å². The summed E-state index contributed by atoms with van der Waals surface area (Å²) < 4.78 is 17.8. The van der Waals surface area contributed by atoms with E-state index in [9.17, 15) is 14.0 Å². The number of carbonyl (C=O) groups is 2. The maximum absolute atomic E-state index is 12.8. The largest absolute Gasteiger partial charge is 0.452 e. The van der Waals surface area contributed by atoms with Gasteiger partial charge in [0.1, 0.15) is 5.82 Å². The van der Waals surface area contributed by atoms with E-state index in [2.05, 4.69) is 5.32 Å². The van der Waals surface area contributed by atoms with Crippen LogP contribution in [-0.2, 0) is 16.1 Å². The number of hydrogen-bond acceptors (Lipinski definition) is 4. The van der Waals surface area contributed by atoms with Crippen molar-refractivity contribution in [1.29, 1.82) is 0 Å². The molecule has 0 aliphatic carbocycles. The number of rotatable bonds is 6. The molecule has 0 saturated carbocycles. The predicted molar refractivity (Wildman–Crippen MR) is 86.8 cm³/mol. The molecule has 0 bridgehead atoms. The third-order valence-electron chi connectivity index (χ3n) is 3.06. The summed E-state index contributed by atoms with van der Waals surface area (Å²) in [6, 6.07) is 12.8. The fraction of sp³-hybridized carbons (Fsp3) is 0.176. The van der Waals surface area contributed by atoms with Crippen LogP contribution in [0.5, 0.6) is 0 Å². The van der Waals surface area contributed by atoms with Crippen LogP contribution in [0.15, 0.2) is 53.4 Å². The van der Waals surface area contributed by atoms with Crippen molar-refractivity contribution in [2.75, 3.05) is 12.9 Å². The van der Waals surface area contributed by atoms with Gasteiger partial charge < -0.3 is 10.1 Å². The van der Waals surface area contributed by atoms with Crippen LogP contribution in [0, 0.1) is 5.82 Å². The van der Waals surface area contributed by atoms with E-state index in [1.807, 2.05) is 18.4 Å². The van der Waals surface area contributed by atoms with Gasteiger partial charge in [-0.05, 0) is 36.1 Å². The highest BCUT2D eigenvalue weighted by Gasteiger charge is 2.13. The zero-order valence-electron chi connectivity index (χ0n) is 12.5. The van der Waals surface area contributed by atoms with E-state index in [1.165, 1.54) is 23.9 Å². The third-order valence-corrected chi connectivity index (χ3v) is 3.86. The van der Waals surface area contributed by atoms with Gasteiger partial charge in [0.2, 0.25) is 0 Å². The van der Waals surface area contributed by atoms with E-state index >= 15 is 0 Å². The molecular weight excluding hydrogens is 317 g/mol. The summed E-state index contributed by atoms with van der Waals surface area (Å²) in [5.74, 6) is -1.28. The minimum absolute atomic E-state index is 0.248. The number of thioether (sulfide) groups is 1. The molecule has 0 fully saturated rings. The number of carbonyl (C=O) groups excluding carboxylic acids is 2. The van der Waals surface area contributed by atoms with Gasteiger partial charge in [0.05, 0.1) is 5.56 Å². The molecular formula is C17H16FNO3S. The molecule has 0 aliphatic heterocycles. The first kappa shape index (κ1) is 17.0. The summed E-state index contributed by atoms with van der Waals surface area (Å²) in [4.78, 5) is 24.5. The Bertz CT molecular complexity index is 688. The molecule has 0 atom stereocenters. The molecule has 0 saturated heterocycles. The van der Waals surface area contributed by atoms with Gasteiger partial charge in [-0.3, -0.25) is 4.79 Å². The summed E-state index contributed by atoms with van der Waals surface area (Å²) in [5, 5.41) is 2.61. The minimum Gasteiger partial charge on any atom is -0.452 e. The molecule has 2 aromatic rings. The fourth-order valence-electron chi connectivity index (χ4n) is 1.88. The lowest BCUT2D eigenvalue weighted by Crippen LogP contribution is -2.28. The van der Waals surface area contributed by atoms with Crippen LogP contribution in [0.3, 0.4) is 0 Å². The Kier molecular flexibility index (Phi) is 6.17. The Hall–Kier alpha value is -2.34. The first-order valence-electron chi connectivity index (χ1n) is 6.91. The molecule has 6 heteroatoms. The molecule has 0 heterocycles. The first-order valence-corrected chi connectivity index (χ1v) is 8.14. The third kappa shape index (κ3) is 5.10. The van der Waals surface area contributed by atoms with Crippen LogP contribution in [0.1, 0.15) is 15.9 Å². The lowest BCUT2D eigenvalue weighted by molar-refractivity contribution is -0.124. The van der Waals surface area contributed by atoms with Gasteiger partial charge in [0, 0.05) is 11.4 Å². The molecule has 4 nitrogen and oxygen atoms in total. The summed E-state index contributed by atoms with van der Waals surface area (Å²) >= 11 is 1.43. The van der Waals surface area contributed by atoms with Gasteiger partial charge in [-0.15, -0.1) is 11.8 Å². The fourth-order valence-corrected chi connectivity index (χ4v) is 2.46. The summed E-state index contributed by atoms with van der Waals surface area (Å²) in [7, 11) is 0. The molecule has 1 amide bonds.